The Bertz CT molecular complexity index is 1070. The standard InChI is InChI=1S/C20H22N2O8S/c1-14(23)21-9-11-22(12-10-21)31(26,27)17-6-3-15(4-7-17)19(24)29-13-16-5-8-18(30-16)20(25)28-2/h3-8H,9-13H2,1-2H3. The number of carbonyl (C=O) groups excluding carboxylic acids is 3. The number of sulfonamides is 1. The largest absolute Gasteiger partial charge is 0.463 e. The number of amides is 1. The number of hydrogen-bond acceptors (Lipinski definition) is 8. The number of hydrogen-bond donors (Lipinski definition) is 0. The van der Waals surface area contributed by atoms with E-state index in [9.17, 15) is 22.8 Å². The van der Waals surface area contributed by atoms with Gasteiger partial charge in [0.25, 0.3) is 0 Å². The van der Waals surface area contributed by atoms with Crippen LogP contribution in [0.1, 0.15) is 33.6 Å². The van der Waals surface area contributed by atoms with Crippen molar-refractivity contribution < 1.29 is 36.7 Å². The Hall–Kier alpha value is -3.18. The van der Waals surface area contributed by atoms with Crippen LogP contribution in [0.4, 0.5) is 0 Å². The van der Waals surface area contributed by atoms with E-state index in [1.165, 1.54) is 54.7 Å². The van der Waals surface area contributed by atoms with Crippen LogP contribution in [0.15, 0.2) is 45.7 Å². The van der Waals surface area contributed by atoms with Crippen LogP contribution < -0.4 is 0 Å². The van der Waals surface area contributed by atoms with Gasteiger partial charge < -0.3 is 18.8 Å². The normalized spacial score (nSPS) is 14.8. The summed E-state index contributed by atoms with van der Waals surface area (Å²) < 4.78 is 41.8. The third-order valence-electron chi connectivity index (χ3n) is 4.81. The Morgan fingerprint density at radius 1 is 0.968 bits per heavy atom. The van der Waals surface area contributed by atoms with Crippen LogP contribution in [0.3, 0.4) is 0 Å². The van der Waals surface area contributed by atoms with Crippen molar-refractivity contribution in [3.05, 3.63) is 53.5 Å². The predicted molar refractivity (Wildman–Crippen MR) is 107 cm³/mol. The quantitative estimate of drug-likeness (QED) is 0.603. The van der Waals surface area contributed by atoms with Crippen LogP contribution in [0.5, 0.6) is 0 Å². The fraction of sp³-hybridized carbons (Fsp3) is 0.350. The van der Waals surface area contributed by atoms with Crippen LogP contribution in [-0.4, -0.2) is 68.8 Å². The second-order valence-electron chi connectivity index (χ2n) is 6.77. The maximum absolute atomic E-state index is 12.8. The third kappa shape index (κ3) is 5.12. The lowest BCUT2D eigenvalue weighted by molar-refractivity contribution is -0.129. The number of benzene rings is 1. The van der Waals surface area contributed by atoms with Crippen LogP contribution >= 0.6 is 0 Å². The van der Waals surface area contributed by atoms with Crippen LogP contribution in [0.25, 0.3) is 0 Å². The Labute approximate surface area is 179 Å². The molecule has 0 bridgehead atoms. The van der Waals surface area contributed by atoms with Crippen molar-refractivity contribution in [2.75, 3.05) is 33.3 Å². The maximum atomic E-state index is 12.8. The zero-order chi connectivity index (χ0) is 22.6. The Morgan fingerprint density at radius 2 is 1.61 bits per heavy atom. The van der Waals surface area contributed by atoms with Gasteiger partial charge in [-0.2, -0.15) is 4.31 Å². The monoisotopic (exact) mass is 450 g/mol. The molecule has 1 aromatic carbocycles. The molecule has 31 heavy (non-hydrogen) atoms. The van der Waals surface area contributed by atoms with Gasteiger partial charge in [-0.05, 0) is 36.4 Å². The second kappa shape index (κ2) is 9.31. The summed E-state index contributed by atoms with van der Waals surface area (Å²) in [7, 11) is -2.51. The topological polar surface area (TPSA) is 123 Å². The van der Waals surface area contributed by atoms with E-state index >= 15 is 0 Å². The number of rotatable bonds is 6. The molecule has 0 atom stereocenters. The average molecular weight is 450 g/mol. The number of ether oxygens (including phenoxy) is 2. The Morgan fingerprint density at radius 3 is 2.19 bits per heavy atom. The summed E-state index contributed by atoms with van der Waals surface area (Å²) in [5.74, 6) is -1.15. The number of furan rings is 1. The Balaban J connectivity index is 1.60. The highest BCUT2D eigenvalue weighted by atomic mass is 32.2. The zero-order valence-corrected chi connectivity index (χ0v) is 17.9. The van der Waals surface area contributed by atoms with Crippen LogP contribution in [0, 0.1) is 0 Å². The minimum Gasteiger partial charge on any atom is -0.463 e. The molecule has 2 heterocycles. The molecule has 10 nitrogen and oxygen atoms in total. The van der Waals surface area contributed by atoms with Crippen molar-refractivity contribution in [2.24, 2.45) is 0 Å². The number of piperazine rings is 1. The highest BCUT2D eigenvalue weighted by Gasteiger charge is 2.29. The van der Waals surface area contributed by atoms with E-state index in [0.29, 0.717) is 13.1 Å². The van der Waals surface area contributed by atoms with Gasteiger partial charge in [0, 0.05) is 33.1 Å². The SMILES string of the molecule is COC(=O)c1ccc(COC(=O)c2ccc(S(=O)(=O)N3CCN(C(C)=O)CC3)cc2)o1. The molecular formula is C20H22N2O8S. The second-order valence-corrected chi connectivity index (χ2v) is 8.71. The molecule has 0 unspecified atom stereocenters. The van der Waals surface area contributed by atoms with Gasteiger partial charge in [-0.1, -0.05) is 0 Å². The lowest BCUT2D eigenvalue weighted by Gasteiger charge is -2.33. The van der Waals surface area contributed by atoms with Gasteiger partial charge in [0.2, 0.25) is 21.7 Å². The van der Waals surface area contributed by atoms with Gasteiger partial charge in [0.15, 0.2) is 0 Å². The van der Waals surface area contributed by atoms with Gasteiger partial charge >= 0.3 is 11.9 Å². The van der Waals surface area contributed by atoms with E-state index in [1.54, 1.807) is 4.90 Å². The Kier molecular flexibility index (Phi) is 6.76. The molecule has 0 saturated carbocycles. The molecule has 11 heteroatoms. The molecule has 2 aromatic rings. The summed E-state index contributed by atoms with van der Waals surface area (Å²) in [4.78, 5) is 36.6. The third-order valence-corrected chi connectivity index (χ3v) is 6.72. The molecule has 0 N–H and O–H groups in total. The molecule has 1 aliphatic heterocycles. The first-order chi connectivity index (χ1) is 14.7. The molecule has 1 fully saturated rings. The first-order valence-corrected chi connectivity index (χ1v) is 10.9. The molecule has 166 valence electrons. The smallest absolute Gasteiger partial charge is 0.373 e. The molecule has 3 rings (SSSR count). The lowest BCUT2D eigenvalue weighted by atomic mass is 10.2. The fourth-order valence-electron chi connectivity index (χ4n) is 3.04. The predicted octanol–water partition coefficient (Wildman–Crippen LogP) is 1.28. The van der Waals surface area contributed by atoms with Crippen LogP contribution in [-0.2, 0) is 30.9 Å². The van der Waals surface area contributed by atoms with Gasteiger partial charge in [-0.25, -0.2) is 18.0 Å². The number of carbonyl (C=O) groups is 3. The first-order valence-electron chi connectivity index (χ1n) is 9.42. The molecule has 1 amide bonds. The van der Waals surface area contributed by atoms with E-state index in [4.69, 9.17) is 9.15 Å². The van der Waals surface area contributed by atoms with Gasteiger partial charge in [-0.15, -0.1) is 0 Å². The average Bonchev–Trinajstić information content (AvgIpc) is 3.26. The fourth-order valence-corrected chi connectivity index (χ4v) is 4.46. The van der Waals surface area contributed by atoms with Crippen molar-refractivity contribution >= 4 is 27.9 Å². The van der Waals surface area contributed by atoms with Crippen molar-refractivity contribution in [3.8, 4) is 0 Å². The number of nitrogens with zero attached hydrogens (tertiary/aromatic N) is 2. The van der Waals surface area contributed by atoms with E-state index in [-0.39, 0.29) is 47.6 Å². The molecule has 0 aliphatic carbocycles. The highest BCUT2D eigenvalue weighted by Crippen LogP contribution is 2.19. The minimum absolute atomic E-state index is 0.00718. The molecule has 1 aromatic heterocycles. The van der Waals surface area contributed by atoms with Crippen molar-refractivity contribution in [3.63, 3.8) is 0 Å². The number of methoxy groups -OCH3 is 1. The summed E-state index contributed by atoms with van der Waals surface area (Å²) in [6.07, 6.45) is 0. The summed E-state index contributed by atoms with van der Waals surface area (Å²) in [5, 5.41) is 0. The van der Waals surface area contributed by atoms with Gasteiger partial charge in [-0.3, -0.25) is 4.79 Å². The van der Waals surface area contributed by atoms with E-state index < -0.39 is 22.0 Å². The van der Waals surface area contributed by atoms with E-state index in [2.05, 4.69) is 4.74 Å². The van der Waals surface area contributed by atoms with Gasteiger partial charge in [0.05, 0.1) is 17.6 Å². The zero-order valence-electron chi connectivity index (χ0n) is 17.1. The first kappa shape index (κ1) is 22.5. The summed E-state index contributed by atoms with van der Waals surface area (Å²) in [5.41, 5.74) is 0.167. The minimum atomic E-state index is -3.73. The van der Waals surface area contributed by atoms with Gasteiger partial charge in [0.1, 0.15) is 12.4 Å². The lowest BCUT2D eigenvalue weighted by Crippen LogP contribution is -2.49. The molecular weight excluding hydrogens is 428 g/mol. The van der Waals surface area contributed by atoms with E-state index in [1.807, 2.05) is 0 Å². The highest BCUT2D eigenvalue weighted by molar-refractivity contribution is 7.89. The summed E-state index contributed by atoms with van der Waals surface area (Å²) >= 11 is 0. The molecule has 1 saturated heterocycles. The molecule has 1 aliphatic rings. The summed E-state index contributed by atoms with van der Waals surface area (Å²) in [6.45, 7) is 2.35. The van der Waals surface area contributed by atoms with Crippen molar-refractivity contribution in [1.82, 2.24) is 9.21 Å². The van der Waals surface area contributed by atoms with Crippen LogP contribution in [0.2, 0.25) is 0 Å². The molecule has 0 radical (unpaired) electrons. The van der Waals surface area contributed by atoms with Crippen molar-refractivity contribution in [1.29, 1.82) is 0 Å². The van der Waals surface area contributed by atoms with E-state index in [0.717, 1.165) is 0 Å². The number of esters is 2. The summed E-state index contributed by atoms with van der Waals surface area (Å²) in [6, 6.07) is 8.30. The maximum Gasteiger partial charge on any atom is 0.373 e. The molecule has 0 spiro atoms. The van der Waals surface area contributed by atoms with Crippen molar-refractivity contribution in [2.45, 2.75) is 18.4 Å².